The van der Waals surface area contributed by atoms with Gasteiger partial charge in [-0.05, 0) is 42.1 Å². The standard InChI is InChI=1S/C17H9BF8N2/c19-16(20,21)11-7-10(8-12(9-11)17(22,23)24)15-13-3-1-5-27(13)18(25,26)28-6-2-4-14(15)28/h1-9H. The molecule has 4 rings (SSSR count). The van der Waals surface area contributed by atoms with Gasteiger partial charge in [0.25, 0.3) is 0 Å². The first-order chi connectivity index (χ1) is 12.9. The monoisotopic (exact) mass is 404 g/mol. The maximum Gasteiger partial charge on any atom is 0.737 e. The van der Waals surface area contributed by atoms with Crippen molar-refractivity contribution < 1.29 is 39.5 Å². The van der Waals surface area contributed by atoms with E-state index < -0.39 is 36.0 Å². The van der Waals surface area contributed by atoms with Gasteiger partial charge >= 0.3 is 19.3 Å². The molecular weight excluding hydrogens is 395 g/mol. The summed E-state index contributed by atoms with van der Waals surface area (Å²) < 4.78 is 110. The number of halogens is 8. The fraction of sp³-hybridized carbons (Fsp3) is 0.118. The molecule has 0 saturated heterocycles. The van der Waals surface area contributed by atoms with Gasteiger partial charge in [0.05, 0.1) is 16.7 Å². The third-order valence-corrected chi connectivity index (χ3v) is 4.62. The van der Waals surface area contributed by atoms with Crippen LogP contribution in [0.2, 0.25) is 0 Å². The lowest BCUT2D eigenvalue weighted by atomic mass is 9.85. The first kappa shape index (κ1) is 18.5. The third kappa shape index (κ3) is 2.68. The summed E-state index contributed by atoms with van der Waals surface area (Å²) in [6.07, 6.45) is -5.51. The minimum atomic E-state index is -5.04. The van der Waals surface area contributed by atoms with E-state index in [0.717, 1.165) is 12.4 Å². The van der Waals surface area contributed by atoms with Crippen LogP contribution in [0.4, 0.5) is 35.0 Å². The molecule has 0 amide bonds. The van der Waals surface area contributed by atoms with Gasteiger partial charge in [0.2, 0.25) is 0 Å². The molecule has 1 aromatic carbocycles. The topological polar surface area (TPSA) is 7.94 Å². The van der Waals surface area contributed by atoms with Crippen molar-refractivity contribution in [1.29, 1.82) is 0 Å². The van der Waals surface area contributed by atoms with E-state index in [0.29, 0.717) is 21.1 Å². The van der Waals surface area contributed by atoms with Crippen LogP contribution >= 0.6 is 0 Å². The molecule has 28 heavy (non-hydrogen) atoms. The quantitative estimate of drug-likeness (QED) is 0.458. The number of aromatic nitrogens is 1. The zero-order valence-corrected chi connectivity index (χ0v) is 13.7. The number of alkyl halides is 6. The Morgan fingerprint density at radius 3 is 2.07 bits per heavy atom. The van der Waals surface area contributed by atoms with E-state index in [2.05, 4.69) is 0 Å². The summed E-state index contributed by atoms with van der Waals surface area (Å²) in [5.74, 6) is 0. The zero-order chi connectivity index (χ0) is 20.5. The van der Waals surface area contributed by atoms with Gasteiger partial charge in [0.1, 0.15) is 6.21 Å². The highest BCUT2D eigenvalue weighted by molar-refractivity contribution is 6.57. The van der Waals surface area contributed by atoms with E-state index in [4.69, 9.17) is 0 Å². The number of hydrogen-bond acceptors (Lipinski definition) is 0. The molecule has 0 atom stereocenters. The molecule has 1 aromatic heterocycles. The van der Waals surface area contributed by atoms with E-state index in [1.54, 1.807) is 0 Å². The predicted molar refractivity (Wildman–Crippen MR) is 85.7 cm³/mol. The van der Waals surface area contributed by atoms with Crippen LogP contribution in [0.5, 0.6) is 0 Å². The van der Waals surface area contributed by atoms with Crippen molar-refractivity contribution >= 4 is 18.8 Å². The zero-order valence-electron chi connectivity index (χ0n) is 13.7. The van der Waals surface area contributed by atoms with E-state index in [1.807, 2.05) is 0 Å². The van der Waals surface area contributed by atoms with E-state index >= 15 is 0 Å². The summed E-state index contributed by atoms with van der Waals surface area (Å²) in [7, 11) is 0. The summed E-state index contributed by atoms with van der Waals surface area (Å²) >= 11 is 0. The molecule has 0 radical (unpaired) electrons. The summed E-state index contributed by atoms with van der Waals surface area (Å²) in [6.45, 7) is -4.31. The van der Waals surface area contributed by atoms with Crippen LogP contribution in [0.25, 0.3) is 5.57 Å². The van der Waals surface area contributed by atoms with Crippen LogP contribution in [0.1, 0.15) is 22.4 Å². The predicted octanol–water partition coefficient (Wildman–Crippen LogP) is 5.17. The summed E-state index contributed by atoms with van der Waals surface area (Å²) in [4.78, 5) is 0. The second kappa shape index (κ2) is 5.58. The number of fused-ring (bicyclic) bond motifs is 2. The smallest absolute Gasteiger partial charge is 0.396 e. The van der Waals surface area contributed by atoms with Crippen molar-refractivity contribution in [3.63, 3.8) is 0 Å². The Bertz CT molecular complexity index is 1040. The van der Waals surface area contributed by atoms with Crippen LogP contribution in [0, 0.1) is 0 Å². The molecule has 2 nitrogen and oxygen atoms in total. The van der Waals surface area contributed by atoms with Gasteiger partial charge in [-0.1, -0.05) is 0 Å². The van der Waals surface area contributed by atoms with Crippen molar-refractivity contribution in [2.45, 2.75) is 12.4 Å². The normalized spacial score (nSPS) is 18.2. The Labute approximate surface area is 152 Å². The van der Waals surface area contributed by atoms with Gasteiger partial charge in [0.15, 0.2) is 5.70 Å². The lowest BCUT2D eigenvalue weighted by Crippen LogP contribution is -2.49. The average Bonchev–Trinajstić information content (AvgIpc) is 3.23. The Morgan fingerprint density at radius 1 is 0.893 bits per heavy atom. The Kier molecular flexibility index (Phi) is 3.69. The minimum absolute atomic E-state index is 0.00350. The highest BCUT2D eigenvalue weighted by atomic mass is 19.4. The van der Waals surface area contributed by atoms with Crippen molar-refractivity contribution in [2.24, 2.45) is 0 Å². The number of nitrogens with zero attached hydrogens (tertiary/aromatic N) is 2. The van der Waals surface area contributed by atoms with Crippen LogP contribution in [0.15, 0.2) is 54.4 Å². The molecule has 2 aromatic rings. The van der Waals surface area contributed by atoms with E-state index in [1.165, 1.54) is 24.3 Å². The van der Waals surface area contributed by atoms with Crippen molar-refractivity contribution in [1.82, 2.24) is 4.48 Å². The van der Waals surface area contributed by atoms with E-state index in [9.17, 15) is 35.0 Å². The maximum absolute atomic E-state index is 14.7. The van der Waals surface area contributed by atoms with Crippen LogP contribution in [-0.2, 0) is 12.4 Å². The second-order valence-corrected chi connectivity index (χ2v) is 6.36. The van der Waals surface area contributed by atoms with E-state index in [-0.39, 0.29) is 23.0 Å². The lowest BCUT2D eigenvalue weighted by Gasteiger charge is -2.31. The van der Waals surface area contributed by atoms with Crippen LogP contribution in [-0.4, -0.2) is 22.1 Å². The van der Waals surface area contributed by atoms with Gasteiger partial charge in [-0.25, -0.2) is 0 Å². The van der Waals surface area contributed by atoms with Gasteiger partial charge < -0.3 is 17.6 Å². The molecule has 0 aliphatic carbocycles. The molecule has 0 N–H and O–H groups in total. The summed E-state index contributed by atoms with van der Waals surface area (Å²) in [5.41, 5.74) is -3.94. The summed E-state index contributed by atoms with van der Waals surface area (Å²) in [5, 5.41) is 0. The Balaban J connectivity index is 2.04. The fourth-order valence-electron chi connectivity index (χ4n) is 3.41. The molecule has 2 aliphatic heterocycles. The first-order valence-electron chi connectivity index (χ1n) is 7.94. The van der Waals surface area contributed by atoms with Gasteiger partial charge in [-0.3, -0.25) is 0 Å². The summed E-state index contributed by atoms with van der Waals surface area (Å²) in [6, 6.07) is 3.57. The van der Waals surface area contributed by atoms with Gasteiger partial charge in [-0.2, -0.15) is 26.3 Å². The molecule has 0 bridgehead atoms. The molecule has 0 unspecified atom stereocenters. The molecule has 11 heteroatoms. The molecule has 3 heterocycles. The second-order valence-electron chi connectivity index (χ2n) is 6.36. The molecule has 0 spiro atoms. The molecule has 0 saturated carbocycles. The molecular formula is C17H9BF8N2. The minimum Gasteiger partial charge on any atom is -0.396 e. The number of benzene rings is 1. The van der Waals surface area contributed by atoms with Gasteiger partial charge in [0, 0.05) is 17.8 Å². The highest BCUT2D eigenvalue weighted by Gasteiger charge is 2.51. The third-order valence-electron chi connectivity index (χ3n) is 4.62. The Morgan fingerprint density at radius 2 is 1.50 bits per heavy atom. The van der Waals surface area contributed by atoms with Crippen molar-refractivity contribution in [3.8, 4) is 0 Å². The number of rotatable bonds is 1. The molecule has 146 valence electrons. The van der Waals surface area contributed by atoms with Crippen LogP contribution < -0.4 is 0 Å². The number of allylic oxidation sites excluding steroid dienone is 2. The number of hydrogen-bond donors (Lipinski definition) is 0. The first-order valence-corrected chi connectivity index (χ1v) is 7.94. The van der Waals surface area contributed by atoms with Crippen molar-refractivity contribution in [3.05, 3.63) is 76.8 Å². The lowest BCUT2D eigenvalue weighted by molar-refractivity contribution is -0.356. The van der Waals surface area contributed by atoms with Crippen LogP contribution in [0.3, 0.4) is 0 Å². The SMILES string of the molecule is F[B-]1(F)n2cccc2C(c2cc(C(F)(F)F)cc(C(F)(F)F)c2)=C2C=CC=[N+]21. The highest BCUT2D eigenvalue weighted by Crippen LogP contribution is 2.42. The molecule has 0 fully saturated rings. The fourth-order valence-corrected chi connectivity index (χ4v) is 3.41. The Hall–Kier alpha value is -2.85. The maximum atomic E-state index is 14.7. The molecule has 2 aliphatic rings. The largest absolute Gasteiger partial charge is 0.737 e. The van der Waals surface area contributed by atoms with Crippen molar-refractivity contribution in [2.75, 3.05) is 0 Å². The van der Waals surface area contributed by atoms with Gasteiger partial charge in [-0.15, -0.1) is 0 Å². The average molecular weight is 404 g/mol.